The van der Waals surface area contributed by atoms with Crippen molar-refractivity contribution >= 4 is 5.82 Å². The van der Waals surface area contributed by atoms with Crippen LogP contribution in [0.5, 0.6) is 11.5 Å². The van der Waals surface area contributed by atoms with Crippen molar-refractivity contribution in [2.75, 3.05) is 26.1 Å². The highest BCUT2D eigenvalue weighted by Crippen LogP contribution is 2.38. The Morgan fingerprint density at radius 1 is 1.11 bits per heavy atom. The molecule has 0 unspecified atom stereocenters. The van der Waals surface area contributed by atoms with Crippen molar-refractivity contribution in [2.24, 2.45) is 0 Å². The molecule has 4 aromatic rings. The van der Waals surface area contributed by atoms with Gasteiger partial charge in [-0.3, -0.25) is 4.57 Å². The zero-order chi connectivity index (χ0) is 24.4. The van der Waals surface area contributed by atoms with Crippen molar-refractivity contribution in [1.29, 1.82) is 0 Å². The van der Waals surface area contributed by atoms with Crippen LogP contribution in [0.15, 0.2) is 70.1 Å². The average Bonchev–Trinajstić information content (AvgIpc) is 3.41. The molecule has 7 nitrogen and oxygen atoms in total. The summed E-state index contributed by atoms with van der Waals surface area (Å²) in [5, 5.41) is 3.30. The molecule has 1 aliphatic heterocycles. The highest BCUT2D eigenvalue weighted by atomic mass is 19.1. The number of furan rings is 1. The Morgan fingerprint density at radius 2 is 1.89 bits per heavy atom. The molecule has 0 fully saturated rings. The van der Waals surface area contributed by atoms with Crippen molar-refractivity contribution in [2.45, 2.75) is 25.3 Å². The third kappa shape index (κ3) is 4.51. The molecule has 0 saturated heterocycles. The van der Waals surface area contributed by atoms with Gasteiger partial charge in [0.1, 0.15) is 17.4 Å². The van der Waals surface area contributed by atoms with Gasteiger partial charge in [0.2, 0.25) is 0 Å². The van der Waals surface area contributed by atoms with Crippen molar-refractivity contribution in [1.82, 2.24) is 9.55 Å². The van der Waals surface area contributed by atoms with Crippen LogP contribution in [0.4, 0.5) is 10.2 Å². The van der Waals surface area contributed by atoms with Crippen molar-refractivity contribution in [3.8, 4) is 22.8 Å². The fourth-order valence-corrected chi connectivity index (χ4v) is 4.64. The van der Waals surface area contributed by atoms with Crippen LogP contribution in [0.2, 0.25) is 0 Å². The van der Waals surface area contributed by atoms with Gasteiger partial charge in [-0.05, 0) is 60.4 Å². The van der Waals surface area contributed by atoms with Gasteiger partial charge >= 0.3 is 5.69 Å². The van der Waals surface area contributed by atoms with Gasteiger partial charge in [-0.1, -0.05) is 12.1 Å². The first kappa shape index (κ1) is 22.7. The summed E-state index contributed by atoms with van der Waals surface area (Å²) in [6.45, 7) is 1.09. The summed E-state index contributed by atoms with van der Waals surface area (Å²) < 4.78 is 31.7. The number of ether oxygens (including phenoxy) is 2. The normalized spacial score (nSPS) is 13.0. The van der Waals surface area contributed by atoms with Gasteiger partial charge in [0, 0.05) is 30.6 Å². The molecule has 0 amide bonds. The lowest BCUT2D eigenvalue weighted by Crippen LogP contribution is -2.29. The minimum Gasteiger partial charge on any atom is -0.493 e. The summed E-state index contributed by atoms with van der Waals surface area (Å²) in [4.78, 5) is 17.1. The minimum atomic E-state index is -0.299. The number of aromatic nitrogens is 2. The lowest BCUT2D eigenvalue weighted by Gasteiger charge is -2.23. The molecule has 180 valence electrons. The van der Waals surface area contributed by atoms with Crippen LogP contribution in [-0.2, 0) is 13.0 Å². The van der Waals surface area contributed by atoms with Gasteiger partial charge in [0.05, 0.1) is 26.2 Å². The standard InChI is InChI=1S/C27H26FN3O4/c1-33-24-14-18-10-12-31-22(21(18)15-25(24)34-2)16-26(30-27(31)32)29-11-9-20(23-4-3-13-35-23)17-5-7-19(28)8-6-17/h3-8,13-16,20H,9-12H2,1-2H3,(H,29,30,32)/t20-/m1/s1. The van der Waals surface area contributed by atoms with E-state index in [2.05, 4.69) is 10.3 Å². The van der Waals surface area contributed by atoms with Gasteiger partial charge < -0.3 is 19.2 Å². The van der Waals surface area contributed by atoms with E-state index in [1.165, 1.54) is 12.1 Å². The molecule has 0 aliphatic carbocycles. The van der Waals surface area contributed by atoms with E-state index in [4.69, 9.17) is 13.9 Å². The Bertz CT molecular complexity index is 1380. The molecule has 1 N–H and O–H groups in total. The molecule has 5 rings (SSSR count). The van der Waals surface area contributed by atoms with Crippen LogP contribution in [-0.4, -0.2) is 30.3 Å². The topological polar surface area (TPSA) is 78.5 Å². The highest BCUT2D eigenvalue weighted by molar-refractivity contribution is 5.71. The minimum absolute atomic E-state index is 0.0609. The van der Waals surface area contributed by atoms with Crippen LogP contribution in [0, 0.1) is 5.82 Å². The number of benzene rings is 2. The smallest absolute Gasteiger partial charge is 0.349 e. The van der Waals surface area contributed by atoms with Gasteiger partial charge in [0.15, 0.2) is 11.5 Å². The summed E-state index contributed by atoms with van der Waals surface area (Å²) in [7, 11) is 3.20. The lowest BCUT2D eigenvalue weighted by atomic mass is 9.93. The molecule has 1 atom stereocenters. The SMILES string of the molecule is COc1cc2c(cc1OC)-c1cc(NCC[C@H](c3ccc(F)cc3)c3ccco3)nc(=O)n1CC2. The molecule has 8 heteroatoms. The molecular weight excluding hydrogens is 449 g/mol. The number of methoxy groups -OCH3 is 2. The fourth-order valence-electron chi connectivity index (χ4n) is 4.64. The van der Waals surface area contributed by atoms with Crippen LogP contribution < -0.4 is 20.5 Å². The number of aryl methyl sites for hydroxylation is 1. The average molecular weight is 476 g/mol. The molecule has 0 spiro atoms. The molecule has 3 heterocycles. The molecule has 35 heavy (non-hydrogen) atoms. The Hall–Kier alpha value is -4.07. The second-order valence-corrected chi connectivity index (χ2v) is 8.41. The highest BCUT2D eigenvalue weighted by Gasteiger charge is 2.22. The van der Waals surface area contributed by atoms with Crippen LogP contribution in [0.1, 0.15) is 29.2 Å². The third-order valence-electron chi connectivity index (χ3n) is 6.40. The number of nitrogens with zero attached hydrogens (tertiary/aromatic N) is 2. The zero-order valence-corrected chi connectivity index (χ0v) is 19.6. The Kier molecular flexibility index (Phi) is 6.27. The molecule has 0 bridgehead atoms. The van der Waals surface area contributed by atoms with E-state index in [-0.39, 0.29) is 17.4 Å². The summed E-state index contributed by atoms with van der Waals surface area (Å²) in [5.41, 5.74) is 3.46. The number of fused-ring (bicyclic) bond motifs is 3. The maximum atomic E-state index is 13.4. The summed E-state index contributed by atoms with van der Waals surface area (Å²) in [6, 6.07) is 16.0. The number of hydrogen-bond acceptors (Lipinski definition) is 6. The summed E-state index contributed by atoms with van der Waals surface area (Å²) in [5.74, 6) is 2.24. The predicted octanol–water partition coefficient (Wildman–Crippen LogP) is 4.85. The predicted molar refractivity (Wildman–Crippen MR) is 131 cm³/mol. The van der Waals surface area contributed by atoms with Crippen molar-refractivity contribution in [3.63, 3.8) is 0 Å². The maximum absolute atomic E-state index is 13.4. The van der Waals surface area contributed by atoms with E-state index >= 15 is 0 Å². The second kappa shape index (κ2) is 9.66. The summed E-state index contributed by atoms with van der Waals surface area (Å²) in [6.07, 6.45) is 3.01. The quantitative estimate of drug-likeness (QED) is 0.393. The molecular formula is C27H26FN3O4. The molecule has 0 saturated carbocycles. The molecule has 2 aromatic carbocycles. The number of anilines is 1. The Balaban J connectivity index is 1.40. The van der Waals surface area contributed by atoms with E-state index in [1.54, 1.807) is 37.2 Å². The van der Waals surface area contributed by atoms with E-state index < -0.39 is 0 Å². The monoisotopic (exact) mass is 475 g/mol. The third-order valence-corrected chi connectivity index (χ3v) is 6.40. The Labute approximate surface area is 202 Å². The largest absolute Gasteiger partial charge is 0.493 e. The Morgan fingerprint density at radius 3 is 2.60 bits per heavy atom. The first-order chi connectivity index (χ1) is 17.1. The van der Waals surface area contributed by atoms with Crippen molar-refractivity contribution in [3.05, 3.63) is 94.0 Å². The van der Waals surface area contributed by atoms with Crippen LogP contribution in [0.25, 0.3) is 11.3 Å². The van der Waals surface area contributed by atoms with Crippen LogP contribution >= 0.6 is 0 Å². The maximum Gasteiger partial charge on any atom is 0.349 e. The van der Waals surface area contributed by atoms with E-state index in [0.717, 1.165) is 28.1 Å². The fraction of sp³-hybridized carbons (Fsp3) is 0.259. The first-order valence-corrected chi connectivity index (χ1v) is 11.5. The van der Waals surface area contributed by atoms with E-state index in [1.807, 2.05) is 30.3 Å². The van der Waals surface area contributed by atoms with E-state index in [9.17, 15) is 9.18 Å². The van der Waals surface area contributed by atoms with Gasteiger partial charge in [-0.2, -0.15) is 4.98 Å². The number of rotatable bonds is 8. The van der Waals surface area contributed by atoms with Gasteiger partial charge in [-0.15, -0.1) is 0 Å². The second-order valence-electron chi connectivity index (χ2n) is 8.41. The first-order valence-electron chi connectivity index (χ1n) is 11.5. The van der Waals surface area contributed by atoms with Crippen LogP contribution in [0.3, 0.4) is 0 Å². The van der Waals surface area contributed by atoms with E-state index in [0.29, 0.717) is 43.2 Å². The number of hydrogen-bond donors (Lipinski definition) is 1. The number of halogens is 1. The van der Waals surface area contributed by atoms with Crippen molar-refractivity contribution < 1.29 is 18.3 Å². The summed E-state index contributed by atoms with van der Waals surface area (Å²) >= 11 is 0. The molecule has 2 aromatic heterocycles. The zero-order valence-electron chi connectivity index (χ0n) is 19.6. The van der Waals surface area contributed by atoms with Gasteiger partial charge in [0.25, 0.3) is 0 Å². The number of nitrogens with one attached hydrogen (secondary N) is 1. The molecule has 1 aliphatic rings. The molecule has 0 radical (unpaired) electrons. The van der Waals surface area contributed by atoms with Gasteiger partial charge in [-0.25, -0.2) is 9.18 Å². The lowest BCUT2D eigenvalue weighted by molar-refractivity contribution is 0.354.